The van der Waals surface area contributed by atoms with Crippen molar-refractivity contribution in [2.24, 2.45) is 0 Å². The lowest BCUT2D eigenvalue weighted by Gasteiger charge is -2.14. The van der Waals surface area contributed by atoms with Gasteiger partial charge in [-0.1, -0.05) is 24.3 Å². The molecule has 0 N–H and O–H groups in total. The van der Waals surface area contributed by atoms with Crippen molar-refractivity contribution in [2.45, 2.75) is 12.7 Å². The molecule has 8 heteroatoms. The van der Waals surface area contributed by atoms with Crippen molar-refractivity contribution in [3.05, 3.63) is 75.7 Å². The molecule has 3 aromatic rings. The lowest BCUT2D eigenvalue weighted by Crippen LogP contribution is -2.31. The molecule has 26 heavy (non-hydrogen) atoms. The van der Waals surface area contributed by atoms with E-state index in [-0.39, 0.29) is 12.1 Å². The Balaban J connectivity index is 2.11. The Morgan fingerprint density at radius 2 is 1.77 bits per heavy atom. The van der Waals surface area contributed by atoms with Gasteiger partial charge in [-0.25, -0.2) is 9.78 Å². The SMILES string of the molecule is COC(=O)c1ccc(Cn2c(=O)c(C(F)(F)F)nc3ccccc32)cc1. The number of halogens is 3. The minimum absolute atomic E-state index is 0.0746. The predicted molar refractivity (Wildman–Crippen MR) is 87.9 cm³/mol. The van der Waals surface area contributed by atoms with E-state index in [9.17, 15) is 22.8 Å². The quantitative estimate of drug-likeness (QED) is 0.671. The highest BCUT2D eigenvalue weighted by Crippen LogP contribution is 2.26. The van der Waals surface area contributed by atoms with Gasteiger partial charge in [0.15, 0.2) is 0 Å². The van der Waals surface area contributed by atoms with E-state index in [1.54, 1.807) is 24.3 Å². The molecule has 5 nitrogen and oxygen atoms in total. The zero-order valence-electron chi connectivity index (χ0n) is 13.6. The Labute approximate surface area is 145 Å². The summed E-state index contributed by atoms with van der Waals surface area (Å²) in [6.07, 6.45) is -4.85. The molecule has 0 saturated heterocycles. The number of nitrogens with zero attached hydrogens (tertiary/aromatic N) is 2. The average Bonchev–Trinajstić information content (AvgIpc) is 2.62. The average molecular weight is 362 g/mol. The molecular formula is C18H13F3N2O3. The number of alkyl halides is 3. The summed E-state index contributed by atoms with van der Waals surface area (Å²) >= 11 is 0. The molecule has 0 atom stereocenters. The summed E-state index contributed by atoms with van der Waals surface area (Å²) in [5, 5.41) is 0. The van der Waals surface area contributed by atoms with Crippen molar-refractivity contribution in [1.29, 1.82) is 0 Å². The number of hydrogen-bond acceptors (Lipinski definition) is 4. The van der Waals surface area contributed by atoms with Crippen LogP contribution in [0.25, 0.3) is 11.0 Å². The topological polar surface area (TPSA) is 61.2 Å². The van der Waals surface area contributed by atoms with Crippen LogP contribution in [0.4, 0.5) is 13.2 Å². The maximum absolute atomic E-state index is 13.1. The predicted octanol–water partition coefficient (Wildman–Crippen LogP) is 3.25. The lowest BCUT2D eigenvalue weighted by molar-refractivity contribution is -0.142. The number of aromatic nitrogens is 2. The van der Waals surface area contributed by atoms with Crippen LogP contribution in [0.1, 0.15) is 21.6 Å². The summed E-state index contributed by atoms with van der Waals surface area (Å²) in [7, 11) is 1.25. The zero-order chi connectivity index (χ0) is 18.9. The molecule has 0 aliphatic carbocycles. The first-order valence-corrected chi connectivity index (χ1v) is 7.55. The van der Waals surface area contributed by atoms with Gasteiger partial charge in [-0.15, -0.1) is 0 Å². The number of methoxy groups -OCH3 is 1. The largest absolute Gasteiger partial charge is 0.465 e. The highest BCUT2D eigenvalue weighted by Gasteiger charge is 2.37. The second-order valence-corrected chi connectivity index (χ2v) is 5.53. The van der Waals surface area contributed by atoms with Crippen molar-refractivity contribution in [1.82, 2.24) is 9.55 Å². The number of hydrogen-bond donors (Lipinski definition) is 0. The fourth-order valence-corrected chi connectivity index (χ4v) is 2.58. The minimum atomic E-state index is -4.85. The van der Waals surface area contributed by atoms with E-state index >= 15 is 0 Å². The number of rotatable bonds is 3. The monoisotopic (exact) mass is 362 g/mol. The second kappa shape index (κ2) is 6.62. The smallest absolute Gasteiger partial charge is 0.438 e. The van der Waals surface area contributed by atoms with Gasteiger partial charge in [0.05, 0.1) is 30.3 Å². The molecule has 3 rings (SSSR count). The molecular weight excluding hydrogens is 349 g/mol. The maximum atomic E-state index is 13.1. The van der Waals surface area contributed by atoms with Crippen molar-refractivity contribution >= 4 is 17.0 Å². The molecule has 0 saturated carbocycles. The van der Waals surface area contributed by atoms with E-state index in [2.05, 4.69) is 9.72 Å². The van der Waals surface area contributed by atoms with Crippen LogP contribution in [-0.4, -0.2) is 22.6 Å². The van der Waals surface area contributed by atoms with Crippen molar-refractivity contribution < 1.29 is 22.7 Å². The normalized spacial score (nSPS) is 11.5. The van der Waals surface area contributed by atoms with Crippen LogP contribution in [0.3, 0.4) is 0 Å². The fraction of sp³-hybridized carbons (Fsp3) is 0.167. The van der Waals surface area contributed by atoms with Gasteiger partial charge < -0.3 is 9.30 Å². The molecule has 1 aromatic heterocycles. The Hall–Kier alpha value is -3.16. The summed E-state index contributed by atoms with van der Waals surface area (Å²) in [5.41, 5.74) is -1.44. The van der Waals surface area contributed by atoms with Crippen molar-refractivity contribution in [3.8, 4) is 0 Å². The standard InChI is InChI=1S/C18H13F3N2O3/c1-26-17(25)12-8-6-11(7-9-12)10-23-14-5-3-2-4-13(14)22-15(16(23)24)18(19,20)21/h2-9H,10H2,1H3. The molecule has 0 aliphatic heterocycles. The maximum Gasteiger partial charge on any atom is 0.438 e. The van der Waals surface area contributed by atoms with Crippen LogP contribution in [-0.2, 0) is 17.5 Å². The highest BCUT2D eigenvalue weighted by atomic mass is 19.4. The van der Waals surface area contributed by atoms with Crippen molar-refractivity contribution in [3.63, 3.8) is 0 Å². The number of ether oxygens (including phenoxy) is 1. The van der Waals surface area contributed by atoms with Crippen molar-refractivity contribution in [2.75, 3.05) is 7.11 Å². The van der Waals surface area contributed by atoms with Gasteiger partial charge in [-0.05, 0) is 29.8 Å². The number of carbonyl (C=O) groups is 1. The summed E-state index contributed by atoms with van der Waals surface area (Å²) in [6, 6.07) is 12.2. The molecule has 0 amide bonds. The second-order valence-electron chi connectivity index (χ2n) is 5.53. The van der Waals surface area contributed by atoms with Gasteiger partial charge >= 0.3 is 12.1 Å². The number of benzene rings is 2. The van der Waals surface area contributed by atoms with Crippen LogP contribution in [0.15, 0.2) is 53.3 Å². The minimum Gasteiger partial charge on any atom is -0.465 e. The van der Waals surface area contributed by atoms with Gasteiger partial charge in [0.2, 0.25) is 5.69 Å². The van der Waals surface area contributed by atoms with Crippen LogP contribution >= 0.6 is 0 Å². The van der Waals surface area contributed by atoms with Gasteiger partial charge in [0.25, 0.3) is 5.56 Å². The van der Waals surface area contributed by atoms with Crippen LogP contribution < -0.4 is 5.56 Å². The van der Waals surface area contributed by atoms with Crippen LogP contribution in [0.2, 0.25) is 0 Å². The number of para-hydroxylation sites is 2. The summed E-state index contributed by atoms with van der Waals surface area (Å²) in [6.45, 7) is -0.0909. The van der Waals surface area contributed by atoms with Gasteiger partial charge in [-0.2, -0.15) is 13.2 Å². The molecule has 0 bridgehead atoms. The molecule has 0 unspecified atom stereocenters. The Bertz CT molecular complexity index is 1020. The number of fused-ring (bicyclic) bond motifs is 1. The van der Waals surface area contributed by atoms with E-state index in [1.807, 2.05) is 0 Å². The first kappa shape index (κ1) is 17.7. The molecule has 0 spiro atoms. The molecule has 134 valence electrons. The fourth-order valence-electron chi connectivity index (χ4n) is 2.58. The molecule has 2 aromatic carbocycles. The first-order chi connectivity index (χ1) is 12.3. The molecule has 0 fully saturated rings. The zero-order valence-corrected chi connectivity index (χ0v) is 13.6. The van der Waals surface area contributed by atoms with Crippen LogP contribution in [0.5, 0.6) is 0 Å². The van der Waals surface area contributed by atoms with Gasteiger partial charge in [0.1, 0.15) is 0 Å². The van der Waals surface area contributed by atoms with E-state index < -0.39 is 23.4 Å². The van der Waals surface area contributed by atoms with E-state index in [1.165, 1.54) is 31.4 Å². The third-order valence-corrected chi connectivity index (χ3v) is 3.84. The number of carbonyl (C=O) groups excluding carboxylic acids is 1. The van der Waals surface area contributed by atoms with Crippen LogP contribution in [0, 0.1) is 0 Å². The van der Waals surface area contributed by atoms with Gasteiger partial charge in [0, 0.05) is 0 Å². The first-order valence-electron chi connectivity index (χ1n) is 7.55. The summed E-state index contributed by atoms with van der Waals surface area (Å²) < 4.78 is 45.1. The van der Waals surface area contributed by atoms with E-state index in [0.717, 1.165) is 4.57 Å². The van der Waals surface area contributed by atoms with Gasteiger partial charge in [-0.3, -0.25) is 4.79 Å². The Morgan fingerprint density at radius 3 is 2.38 bits per heavy atom. The third-order valence-electron chi connectivity index (χ3n) is 3.84. The molecule has 0 radical (unpaired) electrons. The Kier molecular flexibility index (Phi) is 4.50. The Morgan fingerprint density at radius 1 is 1.12 bits per heavy atom. The third kappa shape index (κ3) is 3.30. The highest BCUT2D eigenvalue weighted by molar-refractivity contribution is 5.89. The lowest BCUT2D eigenvalue weighted by atomic mass is 10.1. The molecule has 0 aliphatic rings. The summed E-state index contributed by atoms with van der Waals surface area (Å²) in [4.78, 5) is 27.3. The molecule has 1 heterocycles. The number of esters is 1. The van der Waals surface area contributed by atoms with E-state index in [0.29, 0.717) is 16.6 Å². The summed E-state index contributed by atoms with van der Waals surface area (Å²) in [5.74, 6) is -0.526. The van der Waals surface area contributed by atoms with E-state index in [4.69, 9.17) is 0 Å².